The van der Waals surface area contributed by atoms with E-state index in [9.17, 15) is 4.79 Å². The highest BCUT2D eigenvalue weighted by Crippen LogP contribution is 2.32. The van der Waals surface area contributed by atoms with Crippen LogP contribution in [0.4, 0.5) is 0 Å². The second kappa shape index (κ2) is 5.70. The molecule has 1 fully saturated rings. The smallest absolute Gasteiger partial charge is 0.220 e. The number of hydrogen-bond donors (Lipinski definition) is 0. The van der Waals surface area contributed by atoms with E-state index in [4.69, 9.17) is 4.98 Å². The molecule has 3 aromatic heterocycles. The van der Waals surface area contributed by atoms with Crippen molar-refractivity contribution in [3.8, 4) is 5.82 Å². The Morgan fingerprint density at radius 3 is 2.88 bits per heavy atom. The molecular weight excluding hydrogens is 302 g/mol. The van der Waals surface area contributed by atoms with E-state index >= 15 is 0 Å². The first-order chi connectivity index (χ1) is 11.6. The topological polar surface area (TPSA) is 63.9 Å². The first-order valence-corrected chi connectivity index (χ1v) is 8.20. The molecule has 1 atom stereocenters. The van der Waals surface area contributed by atoms with Gasteiger partial charge in [0.1, 0.15) is 0 Å². The Hall–Kier alpha value is -2.76. The van der Waals surface area contributed by atoms with Crippen molar-refractivity contribution < 1.29 is 4.79 Å². The molecule has 6 nitrogen and oxygen atoms in total. The Kier molecular flexibility index (Phi) is 3.52. The molecule has 0 aliphatic carbocycles. The molecule has 1 amide bonds. The normalized spacial score (nSPS) is 17.6. The standard InChI is InChI=1S/C18H19N5O/c1-12-14-8-9-15(16-6-5-11-22(16)13(2)24)20-18(14)23(21-12)17-7-3-4-10-19-17/h3-4,7-10,16H,5-6,11H2,1-2H3. The average molecular weight is 321 g/mol. The lowest BCUT2D eigenvalue weighted by molar-refractivity contribution is -0.129. The fourth-order valence-electron chi connectivity index (χ4n) is 3.43. The van der Waals surface area contributed by atoms with Crippen molar-refractivity contribution in [2.24, 2.45) is 0 Å². The molecule has 1 aliphatic rings. The fourth-order valence-corrected chi connectivity index (χ4v) is 3.43. The van der Waals surface area contributed by atoms with Gasteiger partial charge in [-0.1, -0.05) is 6.07 Å². The van der Waals surface area contributed by atoms with E-state index in [1.165, 1.54) is 0 Å². The van der Waals surface area contributed by atoms with E-state index < -0.39 is 0 Å². The van der Waals surface area contributed by atoms with Gasteiger partial charge in [0.15, 0.2) is 11.5 Å². The number of carbonyl (C=O) groups is 1. The molecule has 0 saturated carbocycles. The molecule has 0 radical (unpaired) electrons. The van der Waals surface area contributed by atoms with Gasteiger partial charge in [0.05, 0.1) is 17.4 Å². The third-order valence-corrected chi connectivity index (χ3v) is 4.60. The molecule has 1 unspecified atom stereocenters. The molecular formula is C18H19N5O. The number of amides is 1. The second-order valence-electron chi connectivity index (χ2n) is 6.16. The van der Waals surface area contributed by atoms with Gasteiger partial charge in [-0.2, -0.15) is 9.78 Å². The third kappa shape index (κ3) is 2.35. The van der Waals surface area contributed by atoms with Crippen LogP contribution in [0.2, 0.25) is 0 Å². The zero-order valence-electron chi connectivity index (χ0n) is 13.8. The Labute approximate surface area is 140 Å². The van der Waals surface area contributed by atoms with Crippen LogP contribution in [-0.4, -0.2) is 37.1 Å². The molecule has 4 rings (SSSR count). The van der Waals surface area contributed by atoms with Crippen molar-refractivity contribution in [2.45, 2.75) is 32.7 Å². The average Bonchev–Trinajstić information content (AvgIpc) is 3.21. The van der Waals surface area contributed by atoms with Crippen molar-refractivity contribution in [1.82, 2.24) is 24.6 Å². The van der Waals surface area contributed by atoms with Crippen LogP contribution < -0.4 is 0 Å². The second-order valence-corrected chi connectivity index (χ2v) is 6.16. The Bertz CT molecular complexity index is 902. The summed E-state index contributed by atoms with van der Waals surface area (Å²) in [5.41, 5.74) is 2.64. The number of carbonyl (C=O) groups excluding carboxylic acids is 1. The minimum Gasteiger partial charge on any atom is -0.334 e. The van der Waals surface area contributed by atoms with Gasteiger partial charge in [0.25, 0.3) is 0 Å². The van der Waals surface area contributed by atoms with E-state index in [0.29, 0.717) is 0 Å². The van der Waals surface area contributed by atoms with Gasteiger partial charge in [-0.05, 0) is 44.0 Å². The molecule has 6 heteroatoms. The summed E-state index contributed by atoms with van der Waals surface area (Å²) >= 11 is 0. The van der Waals surface area contributed by atoms with Crippen LogP contribution in [-0.2, 0) is 4.79 Å². The van der Waals surface area contributed by atoms with Gasteiger partial charge in [-0.15, -0.1) is 0 Å². The first kappa shape index (κ1) is 14.8. The minimum absolute atomic E-state index is 0.0549. The van der Waals surface area contributed by atoms with E-state index in [1.807, 2.05) is 36.1 Å². The number of fused-ring (bicyclic) bond motifs is 1. The van der Waals surface area contributed by atoms with Crippen molar-refractivity contribution in [1.29, 1.82) is 0 Å². The summed E-state index contributed by atoms with van der Waals surface area (Å²) < 4.78 is 1.78. The van der Waals surface area contributed by atoms with Crippen molar-refractivity contribution in [2.75, 3.05) is 6.54 Å². The maximum Gasteiger partial charge on any atom is 0.220 e. The van der Waals surface area contributed by atoms with Crippen LogP contribution in [0, 0.1) is 6.92 Å². The summed E-state index contributed by atoms with van der Waals surface area (Å²) in [5.74, 6) is 0.851. The maximum absolute atomic E-state index is 11.9. The lowest BCUT2D eigenvalue weighted by atomic mass is 10.1. The van der Waals surface area contributed by atoms with Crippen LogP contribution in [0.1, 0.15) is 37.2 Å². The molecule has 0 aromatic carbocycles. The molecule has 0 N–H and O–H groups in total. The first-order valence-electron chi connectivity index (χ1n) is 8.20. The van der Waals surface area contributed by atoms with Crippen LogP contribution in [0.5, 0.6) is 0 Å². The van der Waals surface area contributed by atoms with Gasteiger partial charge < -0.3 is 4.90 Å². The summed E-state index contributed by atoms with van der Waals surface area (Å²) in [5, 5.41) is 5.60. The van der Waals surface area contributed by atoms with E-state index in [-0.39, 0.29) is 11.9 Å². The van der Waals surface area contributed by atoms with Crippen LogP contribution in [0.25, 0.3) is 16.9 Å². The molecule has 3 aromatic rings. The van der Waals surface area contributed by atoms with Crippen LogP contribution in [0.3, 0.4) is 0 Å². The van der Waals surface area contributed by atoms with Crippen molar-refractivity contribution in [3.05, 3.63) is 47.9 Å². The number of nitrogens with zero attached hydrogens (tertiary/aromatic N) is 5. The van der Waals surface area contributed by atoms with Crippen molar-refractivity contribution in [3.63, 3.8) is 0 Å². The Balaban J connectivity index is 1.84. The zero-order valence-corrected chi connectivity index (χ0v) is 13.8. The van der Waals surface area contributed by atoms with E-state index in [2.05, 4.69) is 16.1 Å². The summed E-state index contributed by atoms with van der Waals surface area (Å²) in [7, 11) is 0. The summed E-state index contributed by atoms with van der Waals surface area (Å²) in [6, 6.07) is 9.85. The summed E-state index contributed by atoms with van der Waals surface area (Å²) in [6.45, 7) is 4.40. The number of aryl methyl sites for hydroxylation is 1. The van der Waals surface area contributed by atoms with Gasteiger partial charge in [0, 0.05) is 25.1 Å². The summed E-state index contributed by atoms with van der Waals surface area (Å²) in [6.07, 6.45) is 3.72. The molecule has 122 valence electrons. The molecule has 0 bridgehead atoms. The quantitative estimate of drug-likeness (QED) is 0.728. The molecule has 24 heavy (non-hydrogen) atoms. The monoisotopic (exact) mass is 321 g/mol. The van der Waals surface area contributed by atoms with E-state index in [0.717, 1.165) is 47.6 Å². The van der Waals surface area contributed by atoms with Gasteiger partial charge >= 0.3 is 0 Å². The highest BCUT2D eigenvalue weighted by atomic mass is 16.2. The summed E-state index contributed by atoms with van der Waals surface area (Å²) in [4.78, 5) is 23.0. The lowest BCUT2D eigenvalue weighted by Crippen LogP contribution is -2.28. The van der Waals surface area contributed by atoms with Crippen LogP contribution in [0.15, 0.2) is 36.5 Å². The predicted molar refractivity (Wildman–Crippen MR) is 90.8 cm³/mol. The SMILES string of the molecule is CC(=O)N1CCCC1c1ccc2c(C)nn(-c3ccccn3)c2n1. The zero-order chi connectivity index (χ0) is 16.7. The Morgan fingerprint density at radius 1 is 1.25 bits per heavy atom. The van der Waals surface area contributed by atoms with Gasteiger partial charge in [0.2, 0.25) is 5.91 Å². The van der Waals surface area contributed by atoms with E-state index in [1.54, 1.807) is 17.8 Å². The lowest BCUT2D eigenvalue weighted by Gasteiger charge is -2.22. The Morgan fingerprint density at radius 2 is 2.12 bits per heavy atom. The highest BCUT2D eigenvalue weighted by Gasteiger charge is 2.29. The van der Waals surface area contributed by atoms with Gasteiger partial charge in [-0.3, -0.25) is 4.79 Å². The van der Waals surface area contributed by atoms with Crippen LogP contribution >= 0.6 is 0 Å². The highest BCUT2D eigenvalue weighted by molar-refractivity contribution is 5.80. The van der Waals surface area contributed by atoms with Gasteiger partial charge in [-0.25, -0.2) is 9.97 Å². The number of aromatic nitrogens is 4. The molecule has 1 aliphatic heterocycles. The minimum atomic E-state index is 0.0549. The predicted octanol–water partition coefficient (Wildman–Crippen LogP) is 2.81. The number of likely N-dealkylation sites (tertiary alicyclic amines) is 1. The van der Waals surface area contributed by atoms with Crippen molar-refractivity contribution >= 4 is 16.9 Å². The maximum atomic E-state index is 11.9. The number of pyridine rings is 2. The number of hydrogen-bond acceptors (Lipinski definition) is 4. The fraction of sp³-hybridized carbons (Fsp3) is 0.333. The largest absolute Gasteiger partial charge is 0.334 e. The molecule has 1 saturated heterocycles. The molecule has 4 heterocycles. The molecule has 0 spiro atoms. The third-order valence-electron chi connectivity index (χ3n) is 4.60. The number of rotatable bonds is 2.